The molecule has 0 aliphatic rings. The molecule has 11 rings (SSSR count). The van der Waals surface area contributed by atoms with E-state index in [4.69, 9.17) is 4.42 Å². The molecular weight excluding hydrogens is 669 g/mol. The van der Waals surface area contributed by atoms with Gasteiger partial charge >= 0.3 is 0 Å². The third kappa shape index (κ3) is 5.13. The lowest BCUT2D eigenvalue weighted by molar-refractivity contribution is 0.669. The lowest BCUT2D eigenvalue weighted by atomic mass is 9.97. The maximum absolute atomic E-state index is 6.24. The van der Waals surface area contributed by atoms with E-state index in [1.165, 1.54) is 54.7 Å². The van der Waals surface area contributed by atoms with Crippen LogP contribution in [0.3, 0.4) is 0 Å². The van der Waals surface area contributed by atoms with Crippen LogP contribution in [0, 0.1) is 0 Å². The van der Waals surface area contributed by atoms with Crippen molar-refractivity contribution < 1.29 is 4.42 Å². The summed E-state index contributed by atoms with van der Waals surface area (Å²) in [5.74, 6) is 0. The molecule has 258 valence electrons. The quantitative estimate of drug-likeness (QED) is 0.172. The summed E-state index contributed by atoms with van der Waals surface area (Å²) in [6.45, 7) is 0. The molecule has 0 radical (unpaired) electrons. The lowest BCUT2D eigenvalue weighted by Crippen LogP contribution is -2.11. The van der Waals surface area contributed by atoms with E-state index in [-0.39, 0.29) is 0 Å². The van der Waals surface area contributed by atoms with Gasteiger partial charge in [-0.05, 0) is 100 Å². The van der Waals surface area contributed by atoms with Gasteiger partial charge in [0, 0.05) is 44.2 Å². The fraction of sp³-hybridized carbons (Fsp3) is 0. The zero-order valence-electron chi connectivity index (χ0n) is 29.9. The summed E-state index contributed by atoms with van der Waals surface area (Å²) in [5, 5.41) is 7.15. The Morgan fingerprint density at radius 2 is 1.04 bits per heavy atom. The van der Waals surface area contributed by atoms with Crippen molar-refractivity contribution in [2.45, 2.75) is 0 Å². The van der Waals surface area contributed by atoms with Gasteiger partial charge in [0.25, 0.3) is 0 Å². The summed E-state index contributed by atoms with van der Waals surface area (Å²) in [5.41, 5.74) is 13.3. The number of hydrogen-bond acceptors (Lipinski definition) is 2. The molecule has 0 atom stereocenters. The van der Waals surface area contributed by atoms with Crippen LogP contribution in [0.25, 0.3) is 82.5 Å². The van der Waals surface area contributed by atoms with Crippen LogP contribution in [0.15, 0.2) is 211 Å². The zero-order valence-corrected chi connectivity index (χ0v) is 29.9. The Hall–Kier alpha value is -7.36. The van der Waals surface area contributed by atoms with Crippen LogP contribution in [0.2, 0.25) is 0 Å². The minimum absolute atomic E-state index is 0.915. The number of fused-ring (bicyclic) bond motifs is 8. The standard InChI is InChI=1S/C52H34N2O/c1-3-13-36(14-4-1)42-17-7-10-20-47(42)53(41-30-31-49-46(34-41)43-18-8-11-21-48(43)54(49)39-15-5-2-6-16-39)40-28-25-35(26-29-40)38-24-23-37-27-32-51-52(45(37)33-38)44-19-9-12-22-50(44)55-51/h1-34H. The van der Waals surface area contributed by atoms with Gasteiger partial charge < -0.3 is 13.9 Å². The highest BCUT2D eigenvalue weighted by molar-refractivity contribution is 6.19. The Balaban J connectivity index is 1.08. The molecule has 0 unspecified atom stereocenters. The van der Waals surface area contributed by atoms with Gasteiger partial charge in [-0.1, -0.05) is 133 Å². The highest BCUT2D eigenvalue weighted by atomic mass is 16.3. The first-order valence-electron chi connectivity index (χ1n) is 18.8. The van der Waals surface area contributed by atoms with Gasteiger partial charge in [0.2, 0.25) is 0 Å². The number of benzene rings is 9. The van der Waals surface area contributed by atoms with Crippen molar-refractivity contribution in [2.24, 2.45) is 0 Å². The number of anilines is 3. The summed E-state index contributed by atoms with van der Waals surface area (Å²) >= 11 is 0. The van der Waals surface area contributed by atoms with Crippen molar-refractivity contribution in [1.82, 2.24) is 4.57 Å². The summed E-state index contributed by atoms with van der Waals surface area (Å²) in [6.07, 6.45) is 0. The fourth-order valence-corrected chi connectivity index (χ4v) is 8.44. The molecule has 0 saturated heterocycles. The molecule has 11 aromatic rings. The Morgan fingerprint density at radius 1 is 0.382 bits per heavy atom. The molecule has 55 heavy (non-hydrogen) atoms. The van der Waals surface area contributed by atoms with Crippen LogP contribution in [-0.2, 0) is 0 Å². The lowest BCUT2D eigenvalue weighted by Gasteiger charge is -2.28. The summed E-state index contributed by atoms with van der Waals surface area (Å²) in [7, 11) is 0. The van der Waals surface area contributed by atoms with Gasteiger partial charge in [0.05, 0.1) is 16.7 Å². The number of rotatable bonds is 6. The highest BCUT2D eigenvalue weighted by Crippen LogP contribution is 2.44. The SMILES string of the molecule is c1ccc(-c2ccccc2N(c2ccc(-c3ccc4ccc5oc6ccccc6c5c4c3)cc2)c2ccc3c(c2)c2ccccc2n3-c2ccccc2)cc1. The second kappa shape index (κ2) is 12.6. The van der Waals surface area contributed by atoms with Crippen molar-refractivity contribution >= 4 is 71.6 Å². The van der Waals surface area contributed by atoms with Crippen LogP contribution in [0.1, 0.15) is 0 Å². The second-order valence-corrected chi connectivity index (χ2v) is 14.1. The monoisotopic (exact) mass is 702 g/mol. The minimum atomic E-state index is 0.915. The molecule has 9 aromatic carbocycles. The molecule has 3 nitrogen and oxygen atoms in total. The van der Waals surface area contributed by atoms with Gasteiger partial charge in [-0.25, -0.2) is 0 Å². The van der Waals surface area contributed by atoms with Crippen LogP contribution in [0.4, 0.5) is 17.1 Å². The number of aromatic nitrogens is 1. The van der Waals surface area contributed by atoms with Crippen molar-refractivity contribution in [3.8, 4) is 27.9 Å². The zero-order chi connectivity index (χ0) is 36.3. The van der Waals surface area contributed by atoms with E-state index in [1.807, 2.05) is 12.1 Å². The molecule has 0 fully saturated rings. The molecule has 0 bridgehead atoms. The van der Waals surface area contributed by atoms with E-state index in [9.17, 15) is 0 Å². The first-order valence-corrected chi connectivity index (χ1v) is 18.8. The molecule has 2 heterocycles. The van der Waals surface area contributed by atoms with E-state index < -0.39 is 0 Å². The maximum Gasteiger partial charge on any atom is 0.136 e. The van der Waals surface area contributed by atoms with Gasteiger partial charge in [-0.15, -0.1) is 0 Å². The highest BCUT2D eigenvalue weighted by Gasteiger charge is 2.20. The fourth-order valence-electron chi connectivity index (χ4n) is 8.44. The van der Waals surface area contributed by atoms with Gasteiger partial charge in [0.15, 0.2) is 0 Å². The Bertz CT molecular complexity index is 3190. The largest absolute Gasteiger partial charge is 0.456 e. The molecule has 0 saturated carbocycles. The smallest absolute Gasteiger partial charge is 0.136 e. The number of nitrogens with zero attached hydrogens (tertiary/aromatic N) is 2. The second-order valence-electron chi connectivity index (χ2n) is 14.1. The maximum atomic E-state index is 6.24. The van der Waals surface area contributed by atoms with Crippen molar-refractivity contribution in [1.29, 1.82) is 0 Å². The van der Waals surface area contributed by atoms with Crippen LogP contribution >= 0.6 is 0 Å². The predicted molar refractivity (Wildman–Crippen MR) is 231 cm³/mol. The van der Waals surface area contributed by atoms with E-state index in [0.29, 0.717) is 0 Å². The molecule has 2 aromatic heterocycles. The first kappa shape index (κ1) is 31.2. The molecule has 0 aliphatic heterocycles. The molecule has 0 N–H and O–H groups in total. The van der Waals surface area contributed by atoms with Gasteiger partial charge in [0.1, 0.15) is 11.2 Å². The van der Waals surface area contributed by atoms with Gasteiger partial charge in [-0.3, -0.25) is 0 Å². The third-order valence-corrected chi connectivity index (χ3v) is 11.0. The Labute approximate surface area is 318 Å². The average molecular weight is 703 g/mol. The number of furan rings is 1. The summed E-state index contributed by atoms with van der Waals surface area (Å²) in [6, 6.07) is 74.0. The molecule has 0 spiro atoms. The Kier molecular flexibility index (Phi) is 7.17. The molecule has 0 amide bonds. The summed E-state index contributed by atoms with van der Waals surface area (Å²) in [4.78, 5) is 2.40. The number of hydrogen-bond donors (Lipinski definition) is 0. The third-order valence-electron chi connectivity index (χ3n) is 11.0. The molecule has 0 aliphatic carbocycles. The average Bonchev–Trinajstić information content (AvgIpc) is 3.81. The first-order chi connectivity index (χ1) is 27.3. The topological polar surface area (TPSA) is 21.3 Å². The number of para-hydroxylation sites is 4. The van der Waals surface area contributed by atoms with E-state index >= 15 is 0 Å². The predicted octanol–water partition coefficient (Wildman–Crippen LogP) is 14.6. The van der Waals surface area contributed by atoms with E-state index in [0.717, 1.165) is 44.9 Å². The van der Waals surface area contributed by atoms with Crippen LogP contribution in [0.5, 0.6) is 0 Å². The van der Waals surface area contributed by atoms with E-state index in [2.05, 4.69) is 204 Å². The molecular formula is C52H34N2O. The van der Waals surface area contributed by atoms with Crippen molar-refractivity contribution in [2.75, 3.05) is 4.90 Å². The van der Waals surface area contributed by atoms with Crippen molar-refractivity contribution in [3.63, 3.8) is 0 Å². The summed E-state index contributed by atoms with van der Waals surface area (Å²) < 4.78 is 8.61. The normalized spacial score (nSPS) is 11.6. The Morgan fingerprint density at radius 3 is 1.89 bits per heavy atom. The molecule has 3 heteroatoms. The van der Waals surface area contributed by atoms with Gasteiger partial charge in [-0.2, -0.15) is 0 Å². The van der Waals surface area contributed by atoms with Crippen LogP contribution < -0.4 is 4.90 Å². The van der Waals surface area contributed by atoms with Crippen LogP contribution in [-0.4, -0.2) is 4.57 Å². The van der Waals surface area contributed by atoms with Crippen molar-refractivity contribution in [3.05, 3.63) is 206 Å². The minimum Gasteiger partial charge on any atom is -0.456 e. The van der Waals surface area contributed by atoms with E-state index in [1.54, 1.807) is 0 Å².